The van der Waals surface area contributed by atoms with Crippen LogP contribution in [0.1, 0.15) is 85.5 Å². The van der Waals surface area contributed by atoms with Gasteiger partial charge in [0.25, 0.3) is 0 Å². The van der Waals surface area contributed by atoms with Gasteiger partial charge in [0.1, 0.15) is 0 Å². The van der Waals surface area contributed by atoms with E-state index in [1.165, 1.54) is 38.5 Å². The van der Waals surface area contributed by atoms with E-state index in [1.54, 1.807) is 13.3 Å². The number of hydrogen-bond donors (Lipinski definition) is 1. The predicted molar refractivity (Wildman–Crippen MR) is 118 cm³/mol. The molecule has 0 aromatic heterocycles. The van der Waals surface area contributed by atoms with Gasteiger partial charge in [0.2, 0.25) is 0 Å². The van der Waals surface area contributed by atoms with Crippen LogP contribution in [0, 0.1) is 0 Å². The minimum absolute atomic E-state index is 0.0346. The number of aliphatic hydroxyl groups excluding tert-OH is 1. The van der Waals surface area contributed by atoms with Crippen LogP contribution in [0.25, 0.3) is 0 Å². The quantitative estimate of drug-likeness (QED) is 0.248. The molecule has 0 aromatic rings. The number of rotatable bonds is 15. The molecule has 0 heterocycles. The molecule has 0 aliphatic heterocycles. The summed E-state index contributed by atoms with van der Waals surface area (Å²) in [6.45, 7) is 17.1. The fourth-order valence-corrected chi connectivity index (χ4v) is 42.6. The Morgan fingerprint density at radius 3 is 1.46 bits per heavy atom. The Bertz CT molecular complexity index is 279. The zero-order valence-electron chi connectivity index (χ0n) is 18.1. The van der Waals surface area contributed by atoms with Gasteiger partial charge in [-0.1, -0.05) is 0 Å². The van der Waals surface area contributed by atoms with Crippen molar-refractivity contribution in [1.82, 2.24) is 0 Å². The predicted octanol–water partition coefficient (Wildman–Crippen LogP) is 7.63. The molecule has 0 rings (SSSR count). The maximum absolute atomic E-state index is 10.7. The van der Waals surface area contributed by atoms with Crippen molar-refractivity contribution < 1.29 is 5.11 Å². The van der Waals surface area contributed by atoms with Crippen molar-refractivity contribution in [1.29, 1.82) is 0 Å². The molecule has 0 saturated carbocycles. The summed E-state index contributed by atoms with van der Waals surface area (Å²) in [4.78, 5) is 0. The number of aliphatic hydroxyl groups is 1. The molecule has 2 atom stereocenters. The average Bonchev–Trinajstić information content (AvgIpc) is 2.52. The van der Waals surface area contributed by atoms with Gasteiger partial charge in [-0.25, -0.2) is 0 Å². The summed E-state index contributed by atoms with van der Waals surface area (Å²) in [5.74, 6) is 0. The third kappa shape index (κ3) is 9.07. The van der Waals surface area contributed by atoms with Gasteiger partial charge in [-0.3, -0.25) is 0 Å². The van der Waals surface area contributed by atoms with Gasteiger partial charge in [0, 0.05) is 0 Å². The maximum atomic E-state index is 10.7. The summed E-state index contributed by atoms with van der Waals surface area (Å²) in [6, 6.07) is 0. The molecule has 1 N–H and O–H groups in total. The van der Waals surface area contributed by atoms with E-state index >= 15 is 0 Å². The monoisotopic (exact) mass is 464 g/mol. The SMILES string of the molecule is CCC[CH2][Sn]([CH2]CCC)([CH2]CCC)[C@H](C[C@@H](O)CCC)[Si](C)(C)C. The van der Waals surface area contributed by atoms with Gasteiger partial charge in [-0.05, 0) is 0 Å². The van der Waals surface area contributed by atoms with E-state index in [-0.39, 0.29) is 6.10 Å². The summed E-state index contributed by atoms with van der Waals surface area (Å²) in [5, 5.41) is 10.7. The molecule has 0 amide bonds. The fraction of sp³-hybridized carbons (Fsp3) is 1.00. The molecular weight excluding hydrogens is 415 g/mol. The Balaban J connectivity index is 5.61. The zero-order valence-corrected chi connectivity index (χ0v) is 21.9. The second kappa shape index (κ2) is 13.2. The zero-order chi connectivity index (χ0) is 18.6. The molecular formula is C21H48OSiSn. The Morgan fingerprint density at radius 1 is 0.750 bits per heavy atom. The first-order valence-corrected chi connectivity index (χ1v) is 22.2. The summed E-state index contributed by atoms with van der Waals surface area (Å²) in [5.41, 5.74) is 0. The van der Waals surface area contributed by atoms with E-state index in [2.05, 4.69) is 47.3 Å². The Labute approximate surface area is 159 Å². The van der Waals surface area contributed by atoms with Gasteiger partial charge in [-0.2, -0.15) is 0 Å². The second-order valence-electron chi connectivity index (χ2n) is 9.27. The molecule has 1 nitrogen and oxygen atoms in total. The van der Waals surface area contributed by atoms with Crippen molar-refractivity contribution in [3.8, 4) is 0 Å². The van der Waals surface area contributed by atoms with Crippen molar-refractivity contribution in [2.45, 2.75) is 128 Å². The van der Waals surface area contributed by atoms with E-state index < -0.39 is 26.5 Å². The molecule has 0 aliphatic rings. The van der Waals surface area contributed by atoms with Crippen molar-refractivity contribution in [3.05, 3.63) is 0 Å². The van der Waals surface area contributed by atoms with Crippen molar-refractivity contribution in [3.63, 3.8) is 0 Å². The molecule has 0 radical (unpaired) electrons. The molecule has 146 valence electrons. The standard InChI is InChI=1S/C9H21OSi.3C4H9.Sn/c1-5-6-9(10)7-8-11(2,3)4;3*1-3-4-2;/h8-10H,5-7H2,1-4H3;3*1,3-4H2,2H3;/t9-;;;;/m0..../s1. The molecule has 3 heteroatoms. The van der Waals surface area contributed by atoms with Crippen molar-refractivity contribution >= 4 is 26.5 Å². The first kappa shape index (κ1) is 25.0. The molecule has 0 fully saturated rings. The van der Waals surface area contributed by atoms with Gasteiger partial charge >= 0.3 is 160 Å². The van der Waals surface area contributed by atoms with Crippen LogP contribution in [0.4, 0.5) is 0 Å². The fourth-order valence-electron chi connectivity index (χ4n) is 4.73. The molecule has 0 aliphatic carbocycles. The molecule has 0 unspecified atom stereocenters. The minimum atomic E-state index is -2.24. The van der Waals surface area contributed by atoms with Gasteiger partial charge < -0.3 is 0 Å². The van der Waals surface area contributed by atoms with Crippen molar-refractivity contribution in [2.75, 3.05) is 0 Å². The molecule has 0 saturated heterocycles. The van der Waals surface area contributed by atoms with E-state index in [0.717, 1.165) is 22.8 Å². The van der Waals surface area contributed by atoms with E-state index in [0.29, 0.717) is 0 Å². The van der Waals surface area contributed by atoms with Gasteiger partial charge in [0.15, 0.2) is 0 Å². The van der Waals surface area contributed by atoms with Crippen LogP contribution in [0.5, 0.6) is 0 Å². The molecule has 0 bridgehead atoms. The van der Waals surface area contributed by atoms with Crippen LogP contribution in [0.3, 0.4) is 0 Å². The average molecular weight is 463 g/mol. The second-order valence-corrected chi connectivity index (χ2v) is 30.4. The van der Waals surface area contributed by atoms with Crippen LogP contribution in [0.15, 0.2) is 0 Å². The first-order chi connectivity index (χ1) is 11.3. The molecule has 0 aromatic carbocycles. The number of unbranched alkanes of at least 4 members (excludes halogenated alkanes) is 3. The molecule has 0 spiro atoms. The Morgan fingerprint density at radius 2 is 1.17 bits per heavy atom. The van der Waals surface area contributed by atoms with E-state index in [4.69, 9.17) is 0 Å². The Kier molecular flexibility index (Phi) is 13.7. The third-order valence-corrected chi connectivity index (χ3v) is 36.3. The van der Waals surface area contributed by atoms with Crippen LogP contribution in [-0.4, -0.2) is 37.7 Å². The van der Waals surface area contributed by atoms with Crippen LogP contribution in [-0.2, 0) is 0 Å². The first-order valence-electron chi connectivity index (χ1n) is 10.9. The van der Waals surface area contributed by atoms with Crippen molar-refractivity contribution in [2.24, 2.45) is 0 Å². The Hall–Kier alpha value is 0.976. The van der Waals surface area contributed by atoms with Gasteiger partial charge in [-0.15, -0.1) is 0 Å². The summed E-state index contributed by atoms with van der Waals surface area (Å²) >= 11 is -2.24. The van der Waals surface area contributed by atoms with Crippen LogP contribution >= 0.6 is 0 Å². The summed E-state index contributed by atoms with van der Waals surface area (Å²) in [7, 11) is -1.23. The van der Waals surface area contributed by atoms with Crippen LogP contribution < -0.4 is 0 Å². The summed E-state index contributed by atoms with van der Waals surface area (Å²) < 4.78 is 5.76. The normalized spacial score (nSPS) is 15.5. The van der Waals surface area contributed by atoms with E-state index in [9.17, 15) is 5.11 Å². The van der Waals surface area contributed by atoms with Gasteiger partial charge in [0.05, 0.1) is 0 Å². The topological polar surface area (TPSA) is 20.2 Å². The third-order valence-electron chi connectivity index (χ3n) is 6.00. The molecule has 24 heavy (non-hydrogen) atoms. The van der Waals surface area contributed by atoms with E-state index in [1.807, 2.05) is 0 Å². The summed E-state index contributed by atoms with van der Waals surface area (Å²) in [6.07, 6.45) is 11.7. The number of hydrogen-bond acceptors (Lipinski definition) is 1. The van der Waals surface area contributed by atoms with Crippen LogP contribution in [0.2, 0.25) is 36.5 Å².